The van der Waals surface area contributed by atoms with E-state index < -0.39 is 0 Å². The van der Waals surface area contributed by atoms with E-state index in [0.717, 1.165) is 38.2 Å². The number of fused-ring (bicyclic) bond motifs is 1. The second-order valence-electron chi connectivity index (χ2n) is 6.50. The number of nitro benzene ring substituents is 1. The molecule has 3 aliphatic rings. The highest BCUT2D eigenvalue weighted by atomic mass is 16.7. The highest BCUT2D eigenvalue weighted by Crippen LogP contribution is 2.46. The molecule has 2 fully saturated rings. The van der Waals surface area contributed by atoms with Crippen LogP contribution in [0.4, 0.5) is 5.69 Å². The van der Waals surface area contributed by atoms with Crippen LogP contribution in [-0.2, 0) is 0 Å². The van der Waals surface area contributed by atoms with Gasteiger partial charge in [-0.1, -0.05) is 12.8 Å². The first kappa shape index (κ1) is 14.7. The third kappa shape index (κ3) is 2.98. The van der Waals surface area contributed by atoms with Gasteiger partial charge in [0.2, 0.25) is 6.79 Å². The van der Waals surface area contributed by atoms with Crippen LogP contribution in [0.5, 0.6) is 11.5 Å². The summed E-state index contributed by atoms with van der Waals surface area (Å²) in [5.41, 5.74) is 0.923. The van der Waals surface area contributed by atoms with Crippen LogP contribution in [0, 0.1) is 16.0 Å². The van der Waals surface area contributed by atoms with E-state index >= 15 is 0 Å². The lowest BCUT2D eigenvalue weighted by molar-refractivity contribution is -0.386. The van der Waals surface area contributed by atoms with Crippen molar-refractivity contribution in [3.05, 3.63) is 27.8 Å². The van der Waals surface area contributed by atoms with Crippen molar-refractivity contribution in [3.8, 4) is 11.5 Å². The molecular formula is C16H21N3O4. The van der Waals surface area contributed by atoms with Gasteiger partial charge in [0.1, 0.15) is 0 Å². The van der Waals surface area contributed by atoms with Crippen molar-refractivity contribution in [3.63, 3.8) is 0 Å². The van der Waals surface area contributed by atoms with E-state index in [9.17, 15) is 10.1 Å². The molecular weight excluding hydrogens is 298 g/mol. The van der Waals surface area contributed by atoms with Gasteiger partial charge in [-0.05, 0) is 18.4 Å². The smallest absolute Gasteiger partial charge is 0.278 e. The van der Waals surface area contributed by atoms with Crippen molar-refractivity contribution in [1.29, 1.82) is 0 Å². The normalized spacial score (nSPS) is 22.1. The molecule has 0 spiro atoms. The van der Waals surface area contributed by atoms with Gasteiger partial charge in [0.25, 0.3) is 5.69 Å². The van der Waals surface area contributed by atoms with Crippen molar-refractivity contribution in [2.75, 3.05) is 33.0 Å². The Balaban J connectivity index is 1.72. The Morgan fingerprint density at radius 2 is 1.96 bits per heavy atom. The largest absolute Gasteiger partial charge is 0.454 e. The summed E-state index contributed by atoms with van der Waals surface area (Å²) in [7, 11) is 0. The van der Waals surface area contributed by atoms with Crippen molar-refractivity contribution < 1.29 is 14.4 Å². The van der Waals surface area contributed by atoms with Gasteiger partial charge >= 0.3 is 0 Å². The fourth-order valence-electron chi connectivity index (χ4n) is 3.51. The first-order valence-electron chi connectivity index (χ1n) is 8.25. The summed E-state index contributed by atoms with van der Waals surface area (Å²) < 4.78 is 10.8. The standard InChI is InChI=1S/C16H21N3O4/c20-19(21)14-9-16-15(22-10-23-16)8-12(14)13(7-11-1-2-11)18-5-3-17-4-6-18/h8-9,11,13,17H,1-7,10H2/t13-/m0/s1. The lowest BCUT2D eigenvalue weighted by atomic mass is 9.96. The molecule has 2 aliphatic heterocycles. The molecule has 1 N–H and O–H groups in total. The van der Waals surface area contributed by atoms with E-state index in [4.69, 9.17) is 9.47 Å². The summed E-state index contributed by atoms with van der Waals surface area (Å²) in [6.45, 7) is 3.84. The fraction of sp³-hybridized carbons (Fsp3) is 0.625. The third-order valence-corrected chi connectivity index (χ3v) is 4.92. The van der Waals surface area contributed by atoms with Crippen molar-refractivity contribution in [2.45, 2.75) is 25.3 Å². The van der Waals surface area contributed by atoms with E-state index in [1.165, 1.54) is 18.9 Å². The molecule has 0 aromatic heterocycles. The monoisotopic (exact) mass is 319 g/mol. The quantitative estimate of drug-likeness (QED) is 0.661. The molecule has 1 saturated carbocycles. The molecule has 0 radical (unpaired) electrons. The number of nitro groups is 1. The molecule has 1 aromatic carbocycles. The number of nitrogens with one attached hydrogen (secondary N) is 1. The third-order valence-electron chi connectivity index (χ3n) is 4.92. The zero-order valence-electron chi connectivity index (χ0n) is 13.0. The second-order valence-corrected chi connectivity index (χ2v) is 6.50. The maximum atomic E-state index is 11.6. The number of rotatable bonds is 5. The number of nitrogens with zero attached hydrogens (tertiary/aromatic N) is 2. The van der Waals surface area contributed by atoms with E-state index in [0.29, 0.717) is 17.4 Å². The molecule has 1 atom stereocenters. The SMILES string of the molecule is O=[N+]([O-])c1cc2c(cc1[C@H](CC1CC1)N1CCNCC1)OCO2. The fourth-order valence-corrected chi connectivity index (χ4v) is 3.51. The minimum Gasteiger partial charge on any atom is -0.454 e. The summed E-state index contributed by atoms with van der Waals surface area (Å²) in [5, 5.41) is 14.9. The molecule has 0 unspecified atom stereocenters. The minimum absolute atomic E-state index is 0.0829. The first-order valence-corrected chi connectivity index (χ1v) is 8.25. The molecule has 2 heterocycles. The van der Waals surface area contributed by atoms with Crippen LogP contribution in [0.15, 0.2) is 12.1 Å². The number of hydrogen-bond donors (Lipinski definition) is 1. The molecule has 7 nitrogen and oxygen atoms in total. The van der Waals surface area contributed by atoms with Gasteiger partial charge in [-0.3, -0.25) is 15.0 Å². The molecule has 4 rings (SSSR count). The molecule has 1 saturated heterocycles. The van der Waals surface area contributed by atoms with Crippen LogP contribution in [0.1, 0.15) is 30.9 Å². The average Bonchev–Trinajstić information content (AvgIpc) is 3.27. The van der Waals surface area contributed by atoms with Crippen molar-refractivity contribution >= 4 is 5.69 Å². The molecule has 0 bridgehead atoms. The topological polar surface area (TPSA) is 76.9 Å². The maximum absolute atomic E-state index is 11.6. The lowest BCUT2D eigenvalue weighted by Crippen LogP contribution is -2.45. The second kappa shape index (κ2) is 5.98. The van der Waals surface area contributed by atoms with E-state index in [1.54, 1.807) is 0 Å². The van der Waals surface area contributed by atoms with Crippen LogP contribution in [0.2, 0.25) is 0 Å². The Morgan fingerprint density at radius 1 is 1.26 bits per heavy atom. The van der Waals surface area contributed by atoms with Gasteiger partial charge in [0.05, 0.1) is 16.6 Å². The van der Waals surface area contributed by atoms with Crippen LogP contribution >= 0.6 is 0 Å². The molecule has 1 aromatic rings. The van der Waals surface area contributed by atoms with E-state index in [1.807, 2.05) is 6.07 Å². The van der Waals surface area contributed by atoms with Gasteiger partial charge < -0.3 is 14.8 Å². The maximum Gasteiger partial charge on any atom is 0.278 e. The lowest BCUT2D eigenvalue weighted by Gasteiger charge is -2.35. The Kier molecular flexibility index (Phi) is 3.82. The highest BCUT2D eigenvalue weighted by Gasteiger charge is 2.35. The minimum atomic E-state index is -0.292. The Bertz CT molecular complexity index is 612. The van der Waals surface area contributed by atoms with Gasteiger partial charge in [-0.2, -0.15) is 0 Å². The first-order chi connectivity index (χ1) is 11.2. The van der Waals surface area contributed by atoms with Crippen LogP contribution in [0.25, 0.3) is 0 Å². The number of hydrogen-bond acceptors (Lipinski definition) is 6. The summed E-state index contributed by atoms with van der Waals surface area (Å²) in [6, 6.07) is 3.44. The Hall–Kier alpha value is -1.86. The van der Waals surface area contributed by atoms with Crippen LogP contribution in [-0.4, -0.2) is 42.8 Å². The van der Waals surface area contributed by atoms with Crippen molar-refractivity contribution in [1.82, 2.24) is 10.2 Å². The predicted molar refractivity (Wildman–Crippen MR) is 83.7 cm³/mol. The average molecular weight is 319 g/mol. The number of ether oxygens (including phenoxy) is 2. The van der Waals surface area contributed by atoms with E-state index in [-0.39, 0.29) is 23.4 Å². The zero-order valence-corrected chi connectivity index (χ0v) is 13.0. The van der Waals surface area contributed by atoms with Gasteiger partial charge in [0.15, 0.2) is 11.5 Å². The summed E-state index contributed by atoms with van der Waals surface area (Å²) >= 11 is 0. The molecule has 0 amide bonds. The predicted octanol–water partition coefficient (Wildman–Crippen LogP) is 2.07. The Morgan fingerprint density at radius 3 is 2.61 bits per heavy atom. The molecule has 124 valence electrons. The summed E-state index contributed by atoms with van der Waals surface area (Å²) in [6.07, 6.45) is 3.46. The van der Waals surface area contributed by atoms with Crippen LogP contribution in [0.3, 0.4) is 0 Å². The number of benzene rings is 1. The van der Waals surface area contributed by atoms with Crippen molar-refractivity contribution in [2.24, 2.45) is 5.92 Å². The zero-order chi connectivity index (χ0) is 15.8. The molecule has 1 aliphatic carbocycles. The van der Waals surface area contributed by atoms with Gasteiger partial charge in [0, 0.05) is 32.2 Å². The van der Waals surface area contributed by atoms with E-state index in [2.05, 4.69) is 10.2 Å². The Labute approximate surface area is 134 Å². The highest BCUT2D eigenvalue weighted by molar-refractivity contribution is 5.56. The summed E-state index contributed by atoms with van der Waals surface area (Å²) in [4.78, 5) is 13.7. The summed E-state index contributed by atoms with van der Waals surface area (Å²) in [5.74, 6) is 1.80. The van der Waals surface area contributed by atoms with Gasteiger partial charge in [-0.15, -0.1) is 0 Å². The number of piperazine rings is 1. The molecule has 7 heteroatoms. The van der Waals surface area contributed by atoms with Crippen LogP contribution < -0.4 is 14.8 Å². The molecule has 23 heavy (non-hydrogen) atoms. The van der Waals surface area contributed by atoms with Gasteiger partial charge in [-0.25, -0.2) is 0 Å².